The van der Waals surface area contributed by atoms with Gasteiger partial charge in [-0.1, -0.05) is 12.8 Å². The van der Waals surface area contributed by atoms with E-state index >= 15 is 0 Å². The van der Waals surface area contributed by atoms with Gasteiger partial charge in [0.1, 0.15) is 5.78 Å². The zero-order valence-electron chi connectivity index (χ0n) is 12.8. The summed E-state index contributed by atoms with van der Waals surface area (Å²) in [7, 11) is 0. The van der Waals surface area contributed by atoms with Gasteiger partial charge in [0.2, 0.25) is 0 Å². The fourth-order valence-corrected chi connectivity index (χ4v) is 3.44. The number of carbonyl (C=O) groups is 1. The standard InChI is InChI=1S/C16H29NO2/c1-15(2,3)17-10-6-14(18)13-7-11-19-16(12-13)8-4-5-9-16/h13,17H,4-12H2,1-3H3. The molecule has 1 heterocycles. The van der Waals surface area contributed by atoms with Gasteiger partial charge in [-0.05, 0) is 46.5 Å². The smallest absolute Gasteiger partial charge is 0.137 e. The van der Waals surface area contributed by atoms with E-state index in [1.165, 1.54) is 12.8 Å². The Bertz CT molecular complexity index is 313. The lowest BCUT2D eigenvalue weighted by Crippen LogP contribution is -2.41. The molecule has 1 spiro atoms. The highest BCUT2D eigenvalue weighted by Gasteiger charge is 2.41. The molecule has 0 amide bonds. The van der Waals surface area contributed by atoms with Crippen LogP contribution in [0.2, 0.25) is 0 Å². The summed E-state index contributed by atoms with van der Waals surface area (Å²) in [6.07, 6.45) is 7.43. The summed E-state index contributed by atoms with van der Waals surface area (Å²) in [4.78, 5) is 12.3. The van der Waals surface area contributed by atoms with E-state index in [2.05, 4.69) is 26.1 Å². The van der Waals surface area contributed by atoms with Crippen LogP contribution < -0.4 is 5.32 Å². The number of ketones is 1. The topological polar surface area (TPSA) is 38.3 Å². The van der Waals surface area contributed by atoms with E-state index in [0.717, 1.165) is 38.8 Å². The predicted octanol–water partition coefficient (Wildman–Crippen LogP) is 3.07. The molecule has 1 aliphatic heterocycles. The summed E-state index contributed by atoms with van der Waals surface area (Å²) in [5.74, 6) is 0.681. The van der Waals surface area contributed by atoms with Gasteiger partial charge < -0.3 is 10.1 Å². The Morgan fingerprint density at radius 2 is 2.00 bits per heavy atom. The molecule has 0 bridgehead atoms. The summed E-state index contributed by atoms with van der Waals surface area (Å²) < 4.78 is 6.00. The fourth-order valence-electron chi connectivity index (χ4n) is 3.44. The lowest BCUT2D eigenvalue weighted by molar-refractivity contribution is -0.136. The van der Waals surface area contributed by atoms with Gasteiger partial charge in [0.15, 0.2) is 0 Å². The molecule has 19 heavy (non-hydrogen) atoms. The van der Waals surface area contributed by atoms with E-state index in [1.54, 1.807) is 0 Å². The van der Waals surface area contributed by atoms with Crippen molar-refractivity contribution in [3.8, 4) is 0 Å². The Labute approximate surface area is 117 Å². The van der Waals surface area contributed by atoms with Crippen LogP contribution in [0.5, 0.6) is 0 Å². The Hall–Kier alpha value is -0.410. The molecule has 3 nitrogen and oxygen atoms in total. The highest BCUT2D eigenvalue weighted by molar-refractivity contribution is 5.81. The highest BCUT2D eigenvalue weighted by Crippen LogP contribution is 2.42. The Morgan fingerprint density at radius 1 is 1.32 bits per heavy atom. The van der Waals surface area contributed by atoms with Gasteiger partial charge in [-0.3, -0.25) is 4.79 Å². The van der Waals surface area contributed by atoms with E-state index in [4.69, 9.17) is 4.74 Å². The van der Waals surface area contributed by atoms with Crippen molar-refractivity contribution in [3.05, 3.63) is 0 Å². The lowest BCUT2D eigenvalue weighted by Gasteiger charge is -2.37. The maximum absolute atomic E-state index is 12.3. The van der Waals surface area contributed by atoms with Gasteiger partial charge in [0.05, 0.1) is 5.60 Å². The van der Waals surface area contributed by atoms with Gasteiger partial charge in [-0.25, -0.2) is 0 Å². The summed E-state index contributed by atoms with van der Waals surface area (Å²) in [5, 5.41) is 3.40. The molecular formula is C16H29NO2. The Balaban J connectivity index is 1.79. The molecule has 1 aliphatic carbocycles. The number of carbonyl (C=O) groups excluding carboxylic acids is 1. The highest BCUT2D eigenvalue weighted by atomic mass is 16.5. The number of ether oxygens (including phenoxy) is 1. The monoisotopic (exact) mass is 267 g/mol. The van der Waals surface area contributed by atoms with Crippen molar-refractivity contribution >= 4 is 5.78 Å². The van der Waals surface area contributed by atoms with E-state index in [0.29, 0.717) is 12.2 Å². The first-order valence-corrected chi connectivity index (χ1v) is 7.82. The molecule has 0 aromatic carbocycles. The second-order valence-corrected chi connectivity index (χ2v) is 7.32. The number of rotatable bonds is 4. The van der Waals surface area contributed by atoms with Crippen LogP contribution >= 0.6 is 0 Å². The van der Waals surface area contributed by atoms with Gasteiger partial charge in [-0.15, -0.1) is 0 Å². The first-order chi connectivity index (χ1) is 8.90. The minimum atomic E-state index is 0.0655. The number of nitrogens with one attached hydrogen (secondary N) is 1. The SMILES string of the molecule is CC(C)(C)NCCC(=O)C1CCOC2(CCCC2)C1. The van der Waals surface area contributed by atoms with E-state index in [9.17, 15) is 4.79 Å². The van der Waals surface area contributed by atoms with Crippen LogP contribution in [0.15, 0.2) is 0 Å². The average Bonchev–Trinajstić information content (AvgIpc) is 2.75. The molecule has 2 fully saturated rings. The van der Waals surface area contributed by atoms with Gasteiger partial charge in [0.25, 0.3) is 0 Å². The molecular weight excluding hydrogens is 238 g/mol. The number of Topliss-reactive ketones (excluding diaryl/α,β-unsaturated/α-hetero) is 1. The minimum absolute atomic E-state index is 0.0655. The molecule has 1 unspecified atom stereocenters. The van der Waals surface area contributed by atoms with Gasteiger partial charge in [0, 0.05) is 31.0 Å². The molecule has 0 aromatic rings. The quantitative estimate of drug-likeness (QED) is 0.850. The summed E-state index contributed by atoms with van der Waals surface area (Å²) in [6, 6.07) is 0. The van der Waals surface area contributed by atoms with Crippen molar-refractivity contribution in [3.63, 3.8) is 0 Å². The largest absolute Gasteiger partial charge is 0.375 e. The molecule has 110 valence electrons. The normalized spacial score (nSPS) is 26.8. The first-order valence-electron chi connectivity index (χ1n) is 7.82. The maximum Gasteiger partial charge on any atom is 0.137 e. The Morgan fingerprint density at radius 3 is 2.63 bits per heavy atom. The minimum Gasteiger partial charge on any atom is -0.375 e. The Kier molecular flexibility index (Phi) is 4.67. The van der Waals surface area contributed by atoms with E-state index in [1.807, 2.05) is 0 Å². The first kappa shape index (κ1) is 15.0. The van der Waals surface area contributed by atoms with Crippen LogP contribution in [-0.4, -0.2) is 30.1 Å². The molecule has 1 saturated carbocycles. The van der Waals surface area contributed by atoms with Crippen LogP contribution in [0.4, 0.5) is 0 Å². The van der Waals surface area contributed by atoms with Crippen molar-refractivity contribution < 1.29 is 9.53 Å². The lowest BCUT2D eigenvalue weighted by atomic mass is 9.81. The van der Waals surface area contributed by atoms with E-state index < -0.39 is 0 Å². The van der Waals surface area contributed by atoms with Crippen molar-refractivity contribution in [2.45, 2.75) is 76.9 Å². The van der Waals surface area contributed by atoms with Crippen LogP contribution in [0.3, 0.4) is 0 Å². The zero-order valence-corrected chi connectivity index (χ0v) is 12.8. The molecule has 1 N–H and O–H groups in total. The molecule has 1 saturated heterocycles. The summed E-state index contributed by atoms with van der Waals surface area (Å²) in [6.45, 7) is 7.99. The van der Waals surface area contributed by atoms with E-state index in [-0.39, 0.29) is 17.1 Å². The summed E-state index contributed by atoms with van der Waals surface area (Å²) >= 11 is 0. The predicted molar refractivity (Wildman–Crippen MR) is 77.3 cm³/mol. The van der Waals surface area contributed by atoms with Crippen LogP contribution in [0.25, 0.3) is 0 Å². The molecule has 2 rings (SSSR count). The van der Waals surface area contributed by atoms with Crippen molar-refractivity contribution in [1.82, 2.24) is 5.32 Å². The summed E-state index contributed by atoms with van der Waals surface area (Å²) in [5.41, 5.74) is 0.165. The molecule has 0 aromatic heterocycles. The van der Waals surface area contributed by atoms with Crippen molar-refractivity contribution in [1.29, 1.82) is 0 Å². The fraction of sp³-hybridized carbons (Fsp3) is 0.938. The third-order valence-electron chi connectivity index (χ3n) is 4.49. The molecule has 3 heteroatoms. The molecule has 0 radical (unpaired) electrons. The molecule has 2 aliphatic rings. The number of hydrogen-bond acceptors (Lipinski definition) is 3. The maximum atomic E-state index is 12.3. The van der Waals surface area contributed by atoms with Crippen LogP contribution in [0.1, 0.15) is 65.7 Å². The zero-order chi connectivity index (χ0) is 13.9. The average molecular weight is 267 g/mol. The second-order valence-electron chi connectivity index (χ2n) is 7.32. The van der Waals surface area contributed by atoms with Crippen LogP contribution in [-0.2, 0) is 9.53 Å². The van der Waals surface area contributed by atoms with Crippen LogP contribution in [0, 0.1) is 5.92 Å². The van der Waals surface area contributed by atoms with Crippen molar-refractivity contribution in [2.75, 3.05) is 13.2 Å². The van der Waals surface area contributed by atoms with Gasteiger partial charge >= 0.3 is 0 Å². The third-order valence-corrected chi connectivity index (χ3v) is 4.49. The molecule has 1 atom stereocenters. The third kappa shape index (κ3) is 4.28. The number of hydrogen-bond donors (Lipinski definition) is 1. The van der Waals surface area contributed by atoms with Crippen molar-refractivity contribution in [2.24, 2.45) is 5.92 Å². The second kappa shape index (κ2) is 5.92. The van der Waals surface area contributed by atoms with Gasteiger partial charge in [-0.2, -0.15) is 0 Å².